The lowest BCUT2D eigenvalue weighted by Crippen LogP contribution is -2.54. The number of halogens is 1. The lowest BCUT2D eigenvalue weighted by Gasteiger charge is -2.43. The van der Waals surface area contributed by atoms with Crippen molar-refractivity contribution in [2.24, 2.45) is 0 Å². The van der Waals surface area contributed by atoms with E-state index in [2.05, 4.69) is 48.7 Å². The van der Waals surface area contributed by atoms with Gasteiger partial charge in [0, 0.05) is 49.4 Å². The Hall–Kier alpha value is -0.650. The van der Waals surface area contributed by atoms with Crippen molar-refractivity contribution in [2.45, 2.75) is 18.9 Å². The molecule has 2 saturated heterocycles. The van der Waals surface area contributed by atoms with E-state index in [0.717, 1.165) is 23.6 Å². The first-order valence-electron chi connectivity index (χ1n) is 7.50. The van der Waals surface area contributed by atoms with Crippen LogP contribution in [0.25, 0.3) is 0 Å². The van der Waals surface area contributed by atoms with E-state index in [1.54, 1.807) is 0 Å². The first-order chi connectivity index (χ1) is 9.72. The van der Waals surface area contributed by atoms with Crippen LogP contribution in [0, 0.1) is 0 Å². The van der Waals surface area contributed by atoms with Gasteiger partial charge in [-0.15, -0.1) is 0 Å². The number of hydrogen-bond acceptors (Lipinski definition) is 4. The van der Waals surface area contributed by atoms with Gasteiger partial charge in [0.25, 0.3) is 0 Å². The Morgan fingerprint density at radius 2 is 1.95 bits per heavy atom. The Morgan fingerprint density at radius 1 is 1.15 bits per heavy atom. The van der Waals surface area contributed by atoms with Crippen molar-refractivity contribution in [2.75, 3.05) is 51.2 Å². The van der Waals surface area contributed by atoms with Gasteiger partial charge >= 0.3 is 0 Å². The second-order valence-electron chi connectivity index (χ2n) is 5.94. The minimum atomic E-state index is 0.761. The molecule has 2 aliphatic rings. The first-order valence-corrected chi connectivity index (χ1v) is 8.30. The highest BCUT2D eigenvalue weighted by atomic mass is 79.9. The molecular formula is C15H23BrN4. The minimum Gasteiger partial charge on any atom is -0.368 e. The monoisotopic (exact) mass is 338 g/mol. The number of likely N-dealkylation sites (N-methyl/N-ethyl adjacent to an activating group) is 1. The maximum Gasteiger partial charge on any atom is 0.0564 e. The standard InChI is InChI=1S/C15H23BrN4/c1-18-4-2-3-14(12-18)19-5-7-20(8-6-19)15-9-13(16)10-17-11-15/h9-11,14H,2-8,12H2,1H3. The van der Waals surface area contributed by atoms with Crippen molar-refractivity contribution in [3.8, 4) is 0 Å². The zero-order valence-corrected chi connectivity index (χ0v) is 13.7. The van der Waals surface area contributed by atoms with Crippen molar-refractivity contribution >= 4 is 21.6 Å². The second kappa shape index (κ2) is 6.41. The summed E-state index contributed by atoms with van der Waals surface area (Å²) in [6, 6.07) is 2.92. The number of likely N-dealkylation sites (tertiary alicyclic amines) is 1. The molecule has 3 rings (SSSR count). The van der Waals surface area contributed by atoms with Crippen LogP contribution in [0.15, 0.2) is 22.9 Å². The number of hydrogen-bond donors (Lipinski definition) is 0. The fourth-order valence-electron chi connectivity index (χ4n) is 3.36. The molecule has 1 aromatic rings. The van der Waals surface area contributed by atoms with E-state index >= 15 is 0 Å². The summed E-state index contributed by atoms with van der Waals surface area (Å²) in [6.07, 6.45) is 6.52. The van der Waals surface area contributed by atoms with E-state index in [4.69, 9.17) is 0 Å². The molecule has 2 aliphatic heterocycles. The molecule has 1 aromatic heterocycles. The fourth-order valence-corrected chi connectivity index (χ4v) is 3.71. The van der Waals surface area contributed by atoms with Crippen LogP contribution in [0.3, 0.4) is 0 Å². The van der Waals surface area contributed by atoms with E-state index in [9.17, 15) is 0 Å². The van der Waals surface area contributed by atoms with Crippen LogP contribution < -0.4 is 4.90 Å². The van der Waals surface area contributed by atoms with Crippen LogP contribution in [0.5, 0.6) is 0 Å². The molecule has 3 heterocycles. The predicted octanol–water partition coefficient (Wildman–Crippen LogP) is 2.06. The molecule has 5 heteroatoms. The summed E-state index contributed by atoms with van der Waals surface area (Å²) >= 11 is 3.50. The van der Waals surface area contributed by atoms with Crippen molar-refractivity contribution < 1.29 is 0 Å². The Labute approximate surface area is 129 Å². The van der Waals surface area contributed by atoms with Gasteiger partial charge in [0.15, 0.2) is 0 Å². The highest BCUT2D eigenvalue weighted by Crippen LogP contribution is 2.22. The third-order valence-electron chi connectivity index (χ3n) is 4.49. The molecule has 0 aromatic carbocycles. The van der Waals surface area contributed by atoms with Gasteiger partial charge in [-0.2, -0.15) is 0 Å². The van der Waals surface area contributed by atoms with Gasteiger partial charge < -0.3 is 9.80 Å². The highest BCUT2D eigenvalue weighted by molar-refractivity contribution is 9.10. The average molecular weight is 339 g/mol. The molecule has 1 atom stereocenters. The van der Waals surface area contributed by atoms with Gasteiger partial charge in [0.1, 0.15) is 0 Å². The number of anilines is 1. The largest absolute Gasteiger partial charge is 0.368 e. The fraction of sp³-hybridized carbons (Fsp3) is 0.667. The van der Waals surface area contributed by atoms with E-state index in [0.29, 0.717) is 0 Å². The molecule has 2 fully saturated rings. The molecule has 1 unspecified atom stereocenters. The summed E-state index contributed by atoms with van der Waals surface area (Å²) in [6.45, 7) is 7.06. The number of piperidine rings is 1. The van der Waals surface area contributed by atoms with Crippen molar-refractivity contribution in [3.63, 3.8) is 0 Å². The minimum absolute atomic E-state index is 0.761. The smallest absolute Gasteiger partial charge is 0.0564 e. The van der Waals surface area contributed by atoms with Gasteiger partial charge in [-0.1, -0.05) is 0 Å². The average Bonchev–Trinajstić information content (AvgIpc) is 2.47. The maximum atomic E-state index is 4.27. The Balaban J connectivity index is 1.56. The van der Waals surface area contributed by atoms with Crippen molar-refractivity contribution in [1.29, 1.82) is 0 Å². The Morgan fingerprint density at radius 3 is 2.65 bits per heavy atom. The van der Waals surface area contributed by atoms with Gasteiger partial charge in [-0.05, 0) is 48.4 Å². The van der Waals surface area contributed by atoms with Gasteiger partial charge in [-0.3, -0.25) is 9.88 Å². The molecule has 0 saturated carbocycles. The normalized spacial score (nSPS) is 25.9. The van der Waals surface area contributed by atoms with Gasteiger partial charge in [-0.25, -0.2) is 0 Å². The van der Waals surface area contributed by atoms with Crippen LogP contribution in [0.1, 0.15) is 12.8 Å². The summed E-state index contributed by atoms with van der Waals surface area (Å²) in [4.78, 5) is 11.9. The Bertz CT molecular complexity index is 445. The third-order valence-corrected chi connectivity index (χ3v) is 4.92. The van der Waals surface area contributed by atoms with E-state index < -0.39 is 0 Å². The maximum absolute atomic E-state index is 4.27. The summed E-state index contributed by atoms with van der Waals surface area (Å²) in [5.41, 5.74) is 1.24. The predicted molar refractivity (Wildman–Crippen MR) is 86.2 cm³/mol. The molecular weight excluding hydrogens is 316 g/mol. The summed E-state index contributed by atoms with van der Waals surface area (Å²) < 4.78 is 1.06. The lowest BCUT2D eigenvalue weighted by molar-refractivity contribution is 0.106. The molecule has 0 spiro atoms. The van der Waals surface area contributed by atoms with E-state index in [1.807, 2.05) is 12.4 Å². The molecule has 20 heavy (non-hydrogen) atoms. The van der Waals surface area contributed by atoms with E-state index in [-0.39, 0.29) is 0 Å². The zero-order chi connectivity index (χ0) is 13.9. The quantitative estimate of drug-likeness (QED) is 0.823. The SMILES string of the molecule is CN1CCCC(N2CCN(c3cncc(Br)c3)CC2)C1. The van der Waals surface area contributed by atoms with E-state index in [1.165, 1.54) is 44.7 Å². The van der Waals surface area contributed by atoms with Crippen LogP contribution in [0.4, 0.5) is 5.69 Å². The van der Waals surface area contributed by atoms with Crippen molar-refractivity contribution in [1.82, 2.24) is 14.8 Å². The molecule has 0 aliphatic carbocycles. The van der Waals surface area contributed by atoms with Crippen LogP contribution in [0.2, 0.25) is 0 Å². The number of aromatic nitrogens is 1. The number of nitrogens with zero attached hydrogens (tertiary/aromatic N) is 4. The highest BCUT2D eigenvalue weighted by Gasteiger charge is 2.26. The lowest BCUT2D eigenvalue weighted by atomic mass is 10.0. The topological polar surface area (TPSA) is 22.6 Å². The number of piperazine rings is 1. The molecule has 0 radical (unpaired) electrons. The molecule has 110 valence electrons. The Kier molecular flexibility index (Phi) is 4.58. The van der Waals surface area contributed by atoms with Crippen molar-refractivity contribution in [3.05, 3.63) is 22.9 Å². The molecule has 0 N–H and O–H groups in total. The van der Waals surface area contributed by atoms with Gasteiger partial charge in [0.05, 0.1) is 11.9 Å². The summed E-state index contributed by atoms with van der Waals surface area (Å²) in [5, 5.41) is 0. The number of pyridine rings is 1. The molecule has 0 bridgehead atoms. The van der Waals surface area contributed by atoms with Crippen LogP contribution in [-0.2, 0) is 0 Å². The molecule has 0 amide bonds. The molecule has 4 nitrogen and oxygen atoms in total. The van der Waals surface area contributed by atoms with Gasteiger partial charge in [0.2, 0.25) is 0 Å². The first kappa shape index (κ1) is 14.3. The van der Waals surface area contributed by atoms with Crippen LogP contribution in [-0.4, -0.2) is 67.1 Å². The second-order valence-corrected chi connectivity index (χ2v) is 6.86. The summed E-state index contributed by atoms with van der Waals surface area (Å²) in [5.74, 6) is 0. The third kappa shape index (κ3) is 3.32. The zero-order valence-electron chi connectivity index (χ0n) is 12.1. The summed E-state index contributed by atoms with van der Waals surface area (Å²) in [7, 11) is 2.25. The number of rotatable bonds is 2. The van der Waals surface area contributed by atoms with Crippen LogP contribution >= 0.6 is 15.9 Å².